The van der Waals surface area contributed by atoms with Crippen LogP contribution in [0, 0.1) is 0 Å². The predicted octanol–water partition coefficient (Wildman–Crippen LogP) is 1.06. The van der Waals surface area contributed by atoms with E-state index in [1.807, 2.05) is 25.4 Å². The third-order valence-corrected chi connectivity index (χ3v) is 3.26. The number of hydrogen-bond acceptors (Lipinski definition) is 4. The minimum atomic E-state index is 0.184. The van der Waals surface area contributed by atoms with Crippen LogP contribution in [0.2, 0.25) is 0 Å². The standard InChI is InChI=1S/C13H21N3O/c1-3-16-8-9-17-12(10-14-2)13(16)11-6-4-5-7-15-11/h4-7,12-14H,3,8-10H2,1-2H3. The van der Waals surface area contributed by atoms with Crippen LogP contribution >= 0.6 is 0 Å². The molecule has 4 nitrogen and oxygen atoms in total. The Bertz CT molecular complexity index is 329. The summed E-state index contributed by atoms with van der Waals surface area (Å²) < 4.78 is 5.87. The van der Waals surface area contributed by atoms with Crippen molar-refractivity contribution in [1.82, 2.24) is 15.2 Å². The van der Waals surface area contributed by atoms with Crippen molar-refractivity contribution >= 4 is 0 Å². The fourth-order valence-electron chi connectivity index (χ4n) is 2.44. The van der Waals surface area contributed by atoms with Crippen LogP contribution in [-0.2, 0) is 4.74 Å². The monoisotopic (exact) mass is 235 g/mol. The molecule has 0 saturated carbocycles. The van der Waals surface area contributed by atoms with Gasteiger partial charge in [0.15, 0.2) is 0 Å². The fourth-order valence-corrected chi connectivity index (χ4v) is 2.44. The van der Waals surface area contributed by atoms with Crippen molar-refractivity contribution < 1.29 is 4.74 Å². The number of pyridine rings is 1. The van der Waals surface area contributed by atoms with Crippen molar-refractivity contribution in [1.29, 1.82) is 0 Å². The summed E-state index contributed by atoms with van der Waals surface area (Å²) in [6.45, 7) is 5.88. The van der Waals surface area contributed by atoms with Gasteiger partial charge in [-0.1, -0.05) is 13.0 Å². The van der Waals surface area contributed by atoms with Crippen molar-refractivity contribution in [3.8, 4) is 0 Å². The number of nitrogens with zero attached hydrogens (tertiary/aromatic N) is 2. The van der Waals surface area contributed by atoms with Crippen molar-refractivity contribution in [3.63, 3.8) is 0 Å². The zero-order valence-electron chi connectivity index (χ0n) is 10.6. The van der Waals surface area contributed by atoms with E-state index in [0.717, 1.165) is 31.9 Å². The lowest BCUT2D eigenvalue weighted by molar-refractivity contribution is -0.0700. The first kappa shape index (κ1) is 12.5. The van der Waals surface area contributed by atoms with Gasteiger partial charge in [-0.2, -0.15) is 0 Å². The van der Waals surface area contributed by atoms with Crippen LogP contribution in [-0.4, -0.2) is 49.3 Å². The van der Waals surface area contributed by atoms with Crippen molar-refractivity contribution in [2.75, 3.05) is 33.3 Å². The summed E-state index contributed by atoms with van der Waals surface area (Å²) in [5, 5.41) is 3.20. The second kappa shape index (κ2) is 6.10. The van der Waals surface area contributed by atoms with Crippen LogP contribution in [0.5, 0.6) is 0 Å². The highest BCUT2D eigenvalue weighted by Gasteiger charge is 2.32. The number of ether oxygens (including phenoxy) is 1. The van der Waals surface area contributed by atoms with Crippen molar-refractivity contribution in [3.05, 3.63) is 30.1 Å². The first-order chi connectivity index (χ1) is 8.36. The zero-order valence-corrected chi connectivity index (χ0v) is 10.6. The Hall–Kier alpha value is -0.970. The minimum Gasteiger partial charge on any atom is -0.374 e. The first-order valence-electron chi connectivity index (χ1n) is 6.28. The molecule has 1 N–H and O–H groups in total. The lowest BCUT2D eigenvalue weighted by Gasteiger charge is -2.40. The summed E-state index contributed by atoms with van der Waals surface area (Å²) in [6.07, 6.45) is 2.04. The Kier molecular flexibility index (Phi) is 4.48. The normalized spacial score (nSPS) is 26.0. The summed E-state index contributed by atoms with van der Waals surface area (Å²) in [5.41, 5.74) is 1.11. The third-order valence-electron chi connectivity index (χ3n) is 3.26. The maximum atomic E-state index is 5.87. The fraction of sp³-hybridized carbons (Fsp3) is 0.615. The molecule has 0 amide bonds. The molecule has 94 valence electrons. The van der Waals surface area contributed by atoms with E-state index in [2.05, 4.69) is 28.2 Å². The minimum absolute atomic E-state index is 0.184. The van der Waals surface area contributed by atoms with Crippen molar-refractivity contribution in [2.45, 2.75) is 19.1 Å². The van der Waals surface area contributed by atoms with Crippen LogP contribution in [0.25, 0.3) is 0 Å². The molecule has 1 aromatic rings. The molecule has 1 saturated heterocycles. The van der Waals surface area contributed by atoms with Crippen LogP contribution in [0.4, 0.5) is 0 Å². The van der Waals surface area contributed by atoms with Crippen LogP contribution in [0.1, 0.15) is 18.7 Å². The number of nitrogens with one attached hydrogen (secondary N) is 1. The van der Waals surface area contributed by atoms with E-state index < -0.39 is 0 Å². The average Bonchev–Trinajstić information content (AvgIpc) is 2.40. The average molecular weight is 235 g/mol. The Labute approximate surface area is 103 Å². The van der Waals surface area contributed by atoms with Gasteiger partial charge in [-0.05, 0) is 25.7 Å². The van der Waals surface area contributed by atoms with Crippen LogP contribution in [0.3, 0.4) is 0 Å². The lowest BCUT2D eigenvalue weighted by atomic mass is 10.0. The highest BCUT2D eigenvalue weighted by atomic mass is 16.5. The number of likely N-dealkylation sites (N-methyl/N-ethyl adjacent to an activating group) is 2. The molecule has 17 heavy (non-hydrogen) atoms. The Morgan fingerprint density at radius 2 is 2.41 bits per heavy atom. The van der Waals surface area contributed by atoms with E-state index in [0.29, 0.717) is 0 Å². The van der Waals surface area contributed by atoms with Gasteiger partial charge in [0.2, 0.25) is 0 Å². The molecule has 4 heteroatoms. The Balaban J connectivity index is 2.22. The molecule has 1 aliphatic rings. The van der Waals surface area contributed by atoms with Gasteiger partial charge in [0.05, 0.1) is 24.4 Å². The highest BCUT2D eigenvalue weighted by molar-refractivity contribution is 5.12. The Morgan fingerprint density at radius 1 is 1.53 bits per heavy atom. The van der Waals surface area contributed by atoms with E-state index in [4.69, 9.17) is 4.74 Å². The second-order valence-corrected chi connectivity index (χ2v) is 4.29. The van der Waals surface area contributed by atoms with Gasteiger partial charge >= 0.3 is 0 Å². The van der Waals surface area contributed by atoms with Gasteiger partial charge in [0.1, 0.15) is 0 Å². The van der Waals surface area contributed by atoms with Gasteiger partial charge in [-0.25, -0.2) is 0 Å². The van der Waals surface area contributed by atoms with E-state index in [9.17, 15) is 0 Å². The molecule has 1 fully saturated rings. The quantitative estimate of drug-likeness (QED) is 0.847. The maximum absolute atomic E-state index is 5.87. The molecule has 0 radical (unpaired) electrons. The molecule has 1 aliphatic heterocycles. The number of rotatable bonds is 4. The zero-order chi connectivity index (χ0) is 12.1. The van der Waals surface area contributed by atoms with Gasteiger partial charge < -0.3 is 10.1 Å². The third kappa shape index (κ3) is 2.83. The van der Waals surface area contributed by atoms with E-state index >= 15 is 0 Å². The molecular weight excluding hydrogens is 214 g/mol. The topological polar surface area (TPSA) is 37.4 Å². The van der Waals surface area contributed by atoms with Crippen molar-refractivity contribution in [2.24, 2.45) is 0 Å². The summed E-state index contributed by atoms with van der Waals surface area (Å²) in [7, 11) is 1.96. The molecule has 0 spiro atoms. The molecule has 0 bridgehead atoms. The number of aromatic nitrogens is 1. The Morgan fingerprint density at radius 3 is 3.06 bits per heavy atom. The second-order valence-electron chi connectivity index (χ2n) is 4.29. The van der Waals surface area contributed by atoms with E-state index in [1.54, 1.807) is 0 Å². The number of morpholine rings is 1. The SMILES string of the molecule is CCN1CCOC(CNC)C1c1ccccn1. The smallest absolute Gasteiger partial charge is 0.0911 e. The highest BCUT2D eigenvalue weighted by Crippen LogP contribution is 2.27. The lowest BCUT2D eigenvalue weighted by Crippen LogP contribution is -2.48. The van der Waals surface area contributed by atoms with Crippen LogP contribution in [0.15, 0.2) is 24.4 Å². The molecule has 0 aromatic carbocycles. The molecule has 2 heterocycles. The molecule has 1 aromatic heterocycles. The summed E-state index contributed by atoms with van der Waals surface area (Å²) >= 11 is 0. The van der Waals surface area contributed by atoms with E-state index in [-0.39, 0.29) is 12.1 Å². The van der Waals surface area contributed by atoms with E-state index in [1.165, 1.54) is 0 Å². The largest absolute Gasteiger partial charge is 0.374 e. The summed E-state index contributed by atoms with van der Waals surface area (Å²) in [4.78, 5) is 6.92. The maximum Gasteiger partial charge on any atom is 0.0911 e. The van der Waals surface area contributed by atoms with Gasteiger partial charge in [0, 0.05) is 19.3 Å². The van der Waals surface area contributed by atoms with Gasteiger partial charge in [-0.15, -0.1) is 0 Å². The molecule has 2 unspecified atom stereocenters. The van der Waals surface area contributed by atoms with Gasteiger partial charge in [0.25, 0.3) is 0 Å². The predicted molar refractivity (Wildman–Crippen MR) is 67.9 cm³/mol. The molecule has 2 rings (SSSR count). The van der Waals surface area contributed by atoms with Crippen LogP contribution < -0.4 is 5.32 Å². The number of hydrogen-bond donors (Lipinski definition) is 1. The summed E-state index contributed by atoms with van der Waals surface area (Å²) in [5.74, 6) is 0. The van der Waals surface area contributed by atoms with Gasteiger partial charge in [-0.3, -0.25) is 9.88 Å². The molecule has 0 aliphatic carbocycles. The molecular formula is C13H21N3O. The first-order valence-corrected chi connectivity index (χ1v) is 6.28. The summed E-state index contributed by atoms with van der Waals surface area (Å²) in [6, 6.07) is 6.35. The molecule has 2 atom stereocenters.